The molecular weight excluding hydrogens is 281 g/mol. The molecule has 0 amide bonds. The van der Waals surface area contributed by atoms with Crippen molar-refractivity contribution in [2.45, 2.75) is 6.61 Å². The minimum absolute atomic E-state index is 0.156. The number of hydrogen-bond acceptors (Lipinski definition) is 2. The summed E-state index contributed by atoms with van der Waals surface area (Å²) in [7, 11) is 0. The molecule has 0 aliphatic rings. The van der Waals surface area contributed by atoms with Gasteiger partial charge in [-0.25, -0.2) is 13.2 Å². The van der Waals surface area contributed by atoms with Crippen LogP contribution in [0.15, 0.2) is 36.4 Å². The predicted molar refractivity (Wildman–Crippen MR) is 71.1 cm³/mol. The third-order valence-corrected chi connectivity index (χ3v) is 2.59. The standard InChI is InChI=1S/C16H11F3O2/c17-13-4-3-12(16(19)9-13)10-21-15-7-11(2-1-5-20)6-14(18)8-15/h3-4,6-9,20H,5,10H2. The van der Waals surface area contributed by atoms with E-state index >= 15 is 0 Å². The van der Waals surface area contributed by atoms with Gasteiger partial charge in [0.05, 0.1) is 0 Å². The molecule has 0 spiro atoms. The molecule has 0 aromatic heterocycles. The van der Waals surface area contributed by atoms with Crippen LogP contribution in [0.5, 0.6) is 5.75 Å². The third-order valence-electron chi connectivity index (χ3n) is 2.59. The molecule has 0 saturated carbocycles. The van der Waals surface area contributed by atoms with Gasteiger partial charge in [-0.1, -0.05) is 11.8 Å². The second-order valence-electron chi connectivity index (χ2n) is 4.16. The van der Waals surface area contributed by atoms with Gasteiger partial charge in [-0.3, -0.25) is 0 Å². The molecule has 2 aromatic rings. The lowest BCUT2D eigenvalue weighted by atomic mass is 10.2. The largest absolute Gasteiger partial charge is 0.489 e. The number of benzene rings is 2. The van der Waals surface area contributed by atoms with Crippen LogP contribution in [0.1, 0.15) is 11.1 Å². The Kier molecular flexibility index (Phi) is 4.85. The summed E-state index contributed by atoms with van der Waals surface area (Å²) in [6.45, 7) is -0.504. The van der Waals surface area contributed by atoms with Crippen LogP contribution in [0, 0.1) is 29.3 Å². The zero-order valence-electron chi connectivity index (χ0n) is 10.9. The van der Waals surface area contributed by atoms with Crippen molar-refractivity contribution in [3.05, 3.63) is 65.0 Å². The maximum atomic E-state index is 13.4. The molecule has 21 heavy (non-hydrogen) atoms. The van der Waals surface area contributed by atoms with E-state index < -0.39 is 17.5 Å². The summed E-state index contributed by atoms with van der Waals surface area (Å²) < 4.78 is 44.9. The zero-order chi connectivity index (χ0) is 15.2. The molecule has 0 heterocycles. The van der Waals surface area contributed by atoms with E-state index in [1.165, 1.54) is 18.2 Å². The molecule has 0 aliphatic carbocycles. The molecule has 1 N–H and O–H groups in total. The van der Waals surface area contributed by atoms with Gasteiger partial charge >= 0.3 is 0 Å². The lowest BCUT2D eigenvalue weighted by Crippen LogP contribution is -1.99. The summed E-state index contributed by atoms with van der Waals surface area (Å²) in [5.41, 5.74) is 0.488. The Hall–Kier alpha value is -2.45. The lowest BCUT2D eigenvalue weighted by Gasteiger charge is -2.08. The summed E-state index contributed by atoms with van der Waals surface area (Å²) in [5, 5.41) is 8.60. The van der Waals surface area contributed by atoms with Gasteiger partial charge in [0.25, 0.3) is 0 Å². The number of hydrogen-bond donors (Lipinski definition) is 1. The van der Waals surface area contributed by atoms with Crippen molar-refractivity contribution in [1.82, 2.24) is 0 Å². The number of rotatable bonds is 3. The predicted octanol–water partition coefficient (Wildman–Crippen LogP) is 3.03. The summed E-state index contributed by atoms with van der Waals surface area (Å²) >= 11 is 0. The highest BCUT2D eigenvalue weighted by atomic mass is 19.1. The maximum Gasteiger partial charge on any atom is 0.132 e. The molecule has 0 unspecified atom stereocenters. The topological polar surface area (TPSA) is 29.5 Å². The number of aliphatic hydroxyl groups is 1. The molecule has 0 radical (unpaired) electrons. The van der Waals surface area contributed by atoms with E-state index in [1.807, 2.05) is 0 Å². The third kappa shape index (κ3) is 4.26. The first kappa shape index (κ1) is 14.9. The lowest BCUT2D eigenvalue weighted by molar-refractivity contribution is 0.298. The molecule has 5 heteroatoms. The fraction of sp³-hybridized carbons (Fsp3) is 0.125. The van der Waals surface area contributed by atoms with Crippen molar-refractivity contribution >= 4 is 0 Å². The van der Waals surface area contributed by atoms with Crippen LogP contribution in [0.2, 0.25) is 0 Å². The summed E-state index contributed by atoms with van der Waals surface area (Å²) in [5.74, 6) is 3.14. The first-order chi connectivity index (χ1) is 10.1. The van der Waals surface area contributed by atoms with Crippen molar-refractivity contribution in [2.75, 3.05) is 6.61 Å². The number of aliphatic hydroxyl groups excluding tert-OH is 1. The van der Waals surface area contributed by atoms with Crippen LogP contribution in [0.25, 0.3) is 0 Å². The van der Waals surface area contributed by atoms with Crippen LogP contribution in [0.3, 0.4) is 0 Å². The minimum atomic E-state index is -0.730. The van der Waals surface area contributed by atoms with Gasteiger partial charge in [0.15, 0.2) is 0 Å². The molecule has 0 bridgehead atoms. The van der Waals surface area contributed by atoms with E-state index in [4.69, 9.17) is 9.84 Å². The fourth-order valence-electron chi connectivity index (χ4n) is 1.66. The summed E-state index contributed by atoms with van der Waals surface area (Å²) in [4.78, 5) is 0. The van der Waals surface area contributed by atoms with Gasteiger partial charge in [0.1, 0.15) is 36.4 Å². The van der Waals surface area contributed by atoms with Crippen molar-refractivity contribution in [2.24, 2.45) is 0 Å². The molecule has 2 nitrogen and oxygen atoms in total. The molecule has 108 valence electrons. The molecule has 0 saturated heterocycles. The van der Waals surface area contributed by atoms with Crippen molar-refractivity contribution in [3.63, 3.8) is 0 Å². The maximum absolute atomic E-state index is 13.4. The Morgan fingerprint density at radius 1 is 1.00 bits per heavy atom. The Bertz CT molecular complexity index is 702. The normalized spacial score (nSPS) is 9.90. The second kappa shape index (κ2) is 6.82. The van der Waals surface area contributed by atoms with Crippen LogP contribution in [-0.4, -0.2) is 11.7 Å². The van der Waals surface area contributed by atoms with Crippen LogP contribution in [-0.2, 0) is 6.61 Å². The Morgan fingerprint density at radius 3 is 2.52 bits per heavy atom. The smallest absolute Gasteiger partial charge is 0.132 e. The van der Waals surface area contributed by atoms with Gasteiger partial charge in [-0.15, -0.1) is 0 Å². The number of halogens is 3. The first-order valence-corrected chi connectivity index (χ1v) is 6.05. The van der Waals surface area contributed by atoms with E-state index in [9.17, 15) is 13.2 Å². The highest BCUT2D eigenvalue weighted by Gasteiger charge is 2.06. The van der Waals surface area contributed by atoms with Crippen LogP contribution < -0.4 is 4.74 Å². The highest BCUT2D eigenvalue weighted by molar-refractivity contribution is 5.40. The van der Waals surface area contributed by atoms with Crippen molar-refractivity contribution < 1.29 is 23.0 Å². The Balaban J connectivity index is 2.14. The molecular formula is C16H11F3O2. The average Bonchev–Trinajstić information content (AvgIpc) is 2.43. The zero-order valence-corrected chi connectivity index (χ0v) is 10.9. The van der Waals surface area contributed by atoms with Crippen molar-refractivity contribution in [1.29, 1.82) is 0 Å². The molecule has 0 atom stereocenters. The summed E-state index contributed by atoms with van der Waals surface area (Å²) in [6, 6.07) is 6.91. The fourth-order valence-corrected chi connectivity index (χ4v) is 1.66. The molecule has 2 rings (SSSR count). The van der Waals surface area contributed by atoms with Gasteiger partial charge in [0, 0.05) is 23.3 Å². The van der Waals surface area contributed by atoms with E-state index in [0.29, 0.717) is 5.56 Å². The van der Waals surface area contributed by atoms with Gasteiger partial charge < -0.3 is 9.84 Å². The average molecular weight is 292 g/mol. The molecule has 0 fully saturated rings. The quantitative estimate of drug-likeness (QED) is 0.881. The molecule has 2 aromatic carbocycles. The summed E-state index contributed by atoms with van der Waals surface area (Å²) in [6.07, 6.45) is 0. The monoisotopic (exact) mass is 292 g/mol. The highest BCUT2D eigenvalue weighted by Crippen LogP contribution is 2.18. The Morgan fingerprint density at radius 2 is 1.81 bits per heavy atom. The van der Waals surface area contributed by atoms with Crippen molar-refractivity contribution in [3.8, 4) is 17.6 Å². The van der Waals surface area contributed by atoms with E-state index in [-0.39, 0.29) is 24.5 Å². The number of ether oxygens (including phenoxy) is 1. The Labute approximate surface area is 119 Å². The van der Waals surface area contributed by atoms with Gasteiger partial charge in [0.2, 0.25) is 0 Å². The SMILES string of the molecule is OCC#Cc1cc(F)cc(OCc2ccc(F)cc2F)c1. The van der Waals surface area contributed by atoms with Gasteiger partial charge in [-0.05, 0) is 24.3 Å². The van der Waals surface area contributed by atoms with E-state index in [0.717, 1.165) is 18.2 Å². The first-order valence-electron chi connectivity index (χ1n) is 6.05. The van der Waals surface area contributed by atoms with E-state index in [1.54, 1.807) is 0 Å². The molecule has 0 aliphatic heterocycles. The van der Waals surface area contributed by atoms with Crippen LogP contribution in [0.4, 0.5) is 13.2 Å². The van der Waals surface area contributed by atoms with Gasteiger partial charge in [-0.2, -0.15) is 0 Å². The van der Waals surface area contributed by atoms with Crippen LogP contribution >= 0.6 is 0 Å². The minimum Gasteiger partial charge on any atom is -0.489 e. The second-order valence-corrected chi connectivity index (χ2v) is 4.16. The van der Waals surface area contributed by atoms with E-state index in [2.05, 4.69) is 11.8 Å².